The number of amides is 1. The van der Waals surface area contributed by atoms with Gasteiger partial charge in [0.2, 0.25) is 0 Å². The van der Waals surface area contributed by atoms with Gasteiger partial charge in [0.25, 0.3) is 0 Å². The maximum Gasteiger partial charge on any atom is 0.416 e. The van der Waals surface area contributed by atoms with Gasteiger partial charge in [0, 0.05) is 24.3 Å². The van der Waals surface area contributed by atoms with E-state index in [1.54, 1.807) is 4.90 Å². The Hall–Kier alpha value is -1.62. The van der Waals surface area contributed by atoms with Crippen LogP contribution in [0.5, 0.6) is 0 Å². The lowest BCUT2D eigenvalue weighted by Crippen LogP contribution is -2.42. The molecule has 1 fully saturated rings. The minimum absolute atomic E-state index is 0.0295. The second-order valence-electron chi connectivity index (χ2n) is 8.55. The van der Waals surface area contributed by atoms with Crippen LogP contribution in [0.4, 0.5) is 10.6 Å². The summed E-state index contributed by atoms with van der Waals surface area (Å²) in [6.07, 6.45) is 4.83. The fourth-order valence-corrected chi connectivity index (χ4v) is 3.50. The molecule has 1 aromatic heterocycles. The summed E-state index contributed by atoms with van der Waals surface area (Å²) in [6.45, 7) is 15.4. The Morgan fingerprint density at radius 2 is 2.04 bits per heavy atom. The third-order valence-electron chi connectivity index (χ3n) is 4.98. The molecule has 1 saturated heterocycles. The predicted molar refractivity (Wildman–Crippen MR) is 107 cm³/mol. The number of rotatable bonds is 5. The second kappa shape index (κ2) is 8.38. The number of anilines is 1. The van der Waals surface area contributed by atoms with Gasteiger partial charge in [0.1, 0.15) is 11.4 Å². The molecular weight excluding hydrogens is 326 g/mol. The zero-order valence-electron chi connectivity index (χ0n) is 17.5. The first-order valence-corrected chi connectivity index (χ1v) is 9.88. The van der Waals surface area contributed by atoms with Crippen LogP contribution in [0.2, 0.25) is 0 Å². The van der Waals surface area contributed by atoms with Crippen LogP contribution in [-0.4, -0.2) is 40.2 Å². The largest absolute Gasteiger partial charge is 0.443 e. The lowest BCUT2D eigenvalue weighted by Gasteiger charge is -2.31. The molecule has 5 heteroatoms. The topological polar surface area (TPSA) is 45.7 Å². The normalized spacial score (nSPS) is 19.6. The molecule has 0 radical (unpaired) electrons. The molecular formula is C21H35N3O2. The third kappa shape index (κ3) is 4.97. The van der Waals surface area contributed by atoms with Crippen molar-refractivity contribution in [3.05, 3.63) is 23.9 Å². The average molecular weight is 362 g/mol. The molecule has 0 aliphatic carbocycles. The highest BCUT2D eigenvalue weighted by atomic mass is 16.6. The maximum absolute atomic E-state index is 12.7. The molecule has 0 bridgehead atoms. The van der Waals surface area contributed by atoms with Crippen LogP contribution in [0.25, 0.3) is 0 Å². The van der Waals surface area contributed by atoms with Crippen molar-refractivity contribution in [3.8, 4) is 0 Å². The van der Waals surface area contributed by atoms with Crippen molar-refractivity contribution in [1.82, 2.24) is 9.88 Å². The molecule has 1 aromatic rings. The summed E-state index contributed by atoms with van der Waals surface area (Å²) in [6, 6.07) is 5.06. The molecule has 5 nitrogen and oxygen atoms in total. The van der Waals surface area contributed by atoms with Crippen molar-refractivity contribution in [2.24, 2.45) is 0 Å². The zero-order chi connectivity index (χ0) is 19.5. The number of carbonyl (C=O) groups excluding carboxylic acids is 1. The van der Waals surface area contributed by atoms with Crippen LogP contribution in [0, 0.1) is 0 Å². The summed E-state index contributed by atoms with van der Waals surface area (Å²) in [4.78, 5) is 21.5. The highest BCUT2D eigenvalue weighted by Gasteiger charge is 2.30. The molecule has 0 N–H and O–H groups in total. The molecule has 2 atom stereocenters. The molecule has 0 saturated carbocycles. The molecule has 2 rings (SSSR count). The van der Waals surface area contributed by atoms with Crippen molar-refractivity contribution in [2.75, 3.05) is 11.4 Å². The highest BCUT2D eigenvalue weighted by Crippen LogP contribution is 2.34. The van der Waals surface area contributed by atoms with Gasteiger partial charge in [0.05, 0.1) is 0 Å². The van der Waals surface area contributed by atoms with E-state index in [9.17, 15) is 4.79 Å². The van der Waals surface area contributed by atoms with Gasteiger partial charge in [-0.3, -0.25) is 9.80 Å². The minimum atomic E-state index is -0.523. The average Bonchev–Trinajstić information content (AvgIpc) is 3.03. The van der Waals surface area contributed by atoms with Gasteiger partial charge in [0.15, 0.2) is 0 Å². The van der Waals surface area contributed by atoms with Crippen LogP contribution in [0.15, 0.2) is 18.3 Å². The number of aromatic nitrogens is 1. The highest BCUT2D eigenvalue weighted by molar-refractivity contribution is 5.87. The van der Waals surface area contributed by atoms with E-state index in [4.69, 9.17) is 4.74 Å². The van der Waals surface area contributed by atoms with E-state index < -0.39 is 5.60 Å². The van der Waals surface area contributed by atoms with Crippen molar-refractivity contribution >= 4 is 11.9 Å². The number of carbonyl (C=O) groups is 1. The maximum atomic E-state index is 12.7. The lowest BCUT2D eigenvalue weighted by molar-refractivity contribution is 0.0566. The Kier molecular flexibility index (Phi) is 6.67. The van der Waals surface area contributed by atoms with Gasteiger partial charge in [-0.15, -0.1) is 0 Å². The van der Waals surface area contributed by atoms with Crippen LogP contribution >= 0.6 is 0 Å². The Bertz CT molecular complexity index is 592. The van der Waals surface area contributed by atoms with E-state index >= 15 is 0 Å². The minimum Gasteiger partial charge on any atom is -0.443 e. The molecule has 0 aromatic carbocycles. The first-order valence-electron chi connectivity index (χ1n) is 9.88. The number of nitrogens with zero attached hydrogens (tertiary/aromatic N) is 3. The summed E-state index contributed by atoms with van der Waals surface area (Å²) in [5.74, 6) is 0.659. The van der Waals surface area contributed by atoms with E-state index in [-0.39, 0.29) is 12.1 Å². The number of hydrogen-bond donors (Lipinski definition) is 0. The number of hydrogen-bond acceptors (Lipinski definition) is 4. The van der Waals surface area contributed by atoms with Crippen LogP contribution in [-0.2, 0) is 4.74 Å². The quantitative estimate of drug-likeness (QED) is 0.726. The van der Waals surface area contributed by atoms with Crippen molar-refractivity contribution < 1.29 is 9.53 Å². The molecule has 26 heavy (non-hydrogen) atoms. The van der Waals surface area contributed by atoms with Gasteiger partial charge in [-0.05, 0) is 79.0 Å². The molecule has 0 unspecified atom stereocenters. The van der Waals surface area contributed by atoms with E-state index in [0.29, 0.717) is 17.9 Å². The van der Waals surface area contributed by atoms with Crippen LogP contribution < -0.4 is 4.90 Å². The van der Waals surface area contributed by atoms with E-state index in [1.165, 1.54) is 18.4 Å². The Labute approximate surface area is 158 Å². The smallest absolute Gasteiger partial charge is 0.416 e. The zero-order valence-corrected chi connectivity index (χ0v) is 17.5. The SMILES string of the molecule is CC[C@H](C)N(C(=O)OC(C)(C)C)c1ccc([C@H]2CCCN2C(C)C)cn1. The summed E-state index contributed by atoms with van der Waals surface area (Å²) >= 11 is 0. The third-order valence-corrected chi connectivity index (χ3v) is 4.98. The summed E-state index contributed by atoms with van der Waals surface area (Å²) in [5.41, 5.74) is 0.706. The second-order valence-corrected chi connectivity index (χ2v) is 8.55. The van der Waals surface area contributed by atoms with Crippen molar-refractivity contribution in [3.63, 3.8) is 0 Å². The Morgan fingerprint density at radius 1 is 1.35 bits per heavy atom. The molecule has 1 aliphatic rings. The van der Waals surface area contributed by atoms with Crippen molar-refractivity contribution in [1.29, 1.82) is 0 Å². The first kappa shape index (κ1) is 20.7. The molecule has 146 valence electrons. The standard InChI is InChI=1S/C21H35N3O2/c1-8-16(4)24(20(25)26-21(5,6)7)19-12-11-17(14-22-19)18-10-9-13-23(18)15(2)3/h11-12,14-16,18H,8-10,13H2,1-7H3/t16-,18+/m0/s1. The fraction of sp³-hybridized carbons (Fsp3) is 0.714. The molecule has 2 heterocycles. The monoisotopic (exact) mass is 361 g/mol. The summed E-state index contributed by atoms with van der Waals surface area (Å²) in [5, 5.41) is 0. The lowest BCUT2D eigenvalue weighted by atomic mass is 10.1. The van der Waals surface area contributed by atoms with E-state index in [1.807, 2.05) is 40.0 Å². The van der Waals surface area contributed by atoms with E-state index in [2.05, 4.69) is 36.7 Å². The molecule has 0 spiro atoms. The number of likely N-dealkylation sites (tertiary alicyclic amines) is 1. The Balaban J connectivity index is 2.23. The molecule has 1 aliphatic heterocycles. The van der Waals surface area contributed by atoms with Gasteiger partial charge in [-0.25, -0.2) is 9.78 Å². The fourth-order valence-electron chi connectivity index (χ4n) is 3.50. The first-order chi connectivity index (χ1) is 12.1. The van der Waals surface area contributed by atoms with Gasteiger partial charge < -0.3 is 4.74 Å². The van der Waals surface area contributed by atoms with Gasteiger partial charge >= 0.3 is 6.09 Å². The van der Waals surface area contributed by atoms with Gasteiger partial charge in [-0.2, -0.15) is 0 Å². The predicted octanol–water partition coefficient (Wildman–Crippen LogP) is 5.17. The van der Waals surface area contributed by atoms with Crippen molar-refractivity contribution in [2.45, 2.75) is 91.5 Å². The summed E-state index contributed by atoms with van der Waals surface area (Å²) < 4.78 is 5.59. The van der Waals surface area contributed by atoms with Crippen LogP contribution in [0.1, 0.15) is 79.3 Å². The number of pyridine rings is 1. The van der Waals surface area contributed by atoms with E-state index in [0.717, 1.165) is 13.0 Å². The summed E-state index contributed by atoms with van der Waals surface area (Å²) in [7, 11) is 0. The molecule has 1 amide bonds. The Morgan fingerprint density at radius 3 is 2.54 bits per heavy atom. The van der Waals surface area contributed by atoms with Crippen LogP contribution in [0.3, 0.4) is 0 Å². The van der Waals surface area contributed by atoms with Gasteiger partial charge in [-0.1, -0.05) is 13.0 Å². The number of ether oxygens (including phenoxy) is 1.